The number of nitrogens with zero attached hydrogens (tertiary/aromatic N) is 1. The van der Waals surface area contributed by atoms with Crippen molar-refractivity contribution in [3.8, 4) is 10.6 Å². The smallest absolute Gasteiger partial charge is 0.320 e. The lowest BCUT2D eigenvalue weighted by molar-refractivity contribution is 0.222. The number of aliphatic hydroxyl groups is 1. The Morgan fingerprint density at radius 3 is 2.71 bits per heavy atom. The molecule has 5 nitrogen and oxygen atoms in total. The summed E-state index contributed by atoms with van der Waals surface area (Å²) in [5.74, 6) is 0. The Kier molecular flexibility index (Phi) is 5.30. The molecule has 2 rings (SSSR count). The summed E-state index contributed by atoms with van der Waals surface area (Å²) in [4.78, 5) is 16.4. The van der Waals surface area contributed by atoms with Gasteiger partial charge < -0.3 is 10.4 Å². The molecular formula is C15H19N3O2S. The molecule has 1 aromatic carbocycles. The molecule has 1 aromatic heterocycles. The minimum atomic E-state index is -0.317. The van der Waals surface area contributed by atoms with E-state index in [2.05, 4.69) is 15.6 Å². The van der Waals surface area contributed by atoms with Crippen LogP contribution in [0.25, 0.3) is 10.6 Å². The summed E-state index contributed by atoms with van der Waals surface area (Å²) in [5.41, 5.74) is 1.81. The third-order valence-electron chi connectivity index (χ3n) is 3.09. The Labute approximate surface area is 128 Å². The fraction of sp³-hybridized carbons (Fsp3) is 0.333. The number of benzene rings is 1. The summed E-state index contributed by atoms with van der Waals surface area (Å²) in [6.45, 7) is 3.70. The minimum Gasteiger partial charge on any atom is -0.394 e. The number of hydrogen-bond donors (Lipinski definition) is 3. The Morgan fingerprint density at radius 2 is 2.10 bits per heavy atom. The summed E-state index contributed by atoms with van der Waals surface area (Å²) in [7, 11) is 0. The van der Waals surface area contributed by atoms with Gasteiger partial charge in [-0.1, -0.05) is 48.6 Å². The number of rotatable bonds is 5. The second-order valence-electron chi connectivity index (χ2n) is 4.69. The zero-order valence-corrected chi connectivity index (χ0v) is 12.9. The molecule has 0 fully saturated rings. The van der Waals surface area contributed by atoms with Gasteiger partial charge in [-0.2, -0.15) is 0 Å². The largest absolute Gasteiger partial charge is 0.394 e. The molecule has 2 aromatic rings. The number of aromatic nitrogens is 1. The van der Waals surface area contributed by atoms with Crippen LogP contribution in [0.3, 0.4) is 0 Å². The number of hydrogen-bond acceptors (Lipinski definition) is 4. The molecule has 0 aliphatic rings. The third kappa shape index (κ3) is 4.03. The predicted octanol–water partition coefficient (Wildman–Crippen LogP) is 3.01. The first-order chi connectivity index (χ1) is 10.1. The molecule has 1 atom stereocenters. The van der Waals surface area contributed by atoms with Gasteiger partial charge in [0.2, 0.25) is 0 Å². The molecule has 0 unspecified atom stereocenters. The SMILES string of the molecule is CC[C@@H](CO)NC(=O)Nc1sc(-c2ccccc2)nc1C. The Hall–Kier alpha value is -1.92. The van der Waals surface area contributed by atoms with E-state index in [1.807, 2.05) is 44.2 Å². The third-order valence-corrected chi connectivity index (χ3v) is 4.21. The van der Waals surface area contributed by atoms with E-state index < -0.39 is 0 Å². The van der Waals surface area contributed by atoms with Gasteiger partial charge in [-0.15, -0.1) is 0 Å². The van der Waals surface area contributed by atoms with Crippen LogP contribution in [-0.2, 0) is 0 Å². The van der Waals surface area contributed by atoms with Crippen molar-refractivity contribution in [3.63, 3.8) is 0 Å². The van der Waals surface area contributed by atoms with Crippen LogP contribution >= 0.6 is 11.3 Å². The van der Waals surface area contributed by atoms with Gasteiger partial charge in [0.25, 0.3) is 0 Å². The van der Waals surface area contributed by atoms with Crippen molar-refractivity contribution >= 4 is 22.4 Å². The van der Waals surface area contributed by atoms with E-state index in [1.165, 1.54) is 11.3 Å². The molecular weight excluding hydrogens is 286 g/mol. The van der Waals surface area contributed by atoms with Crippen molar-refractivity contribution in [2.45, 2.75) is 26.3 Å². The molecule has 6 heteroatoms. The van der Waals surface area contributed by atoms with Crippen molar-refractivity contribution in [1.29, 1.82) is 0 Å². The molecule has 0 aliphatic carbocycles. The van der Waals surface area contributed by atoms with Gasteiger partial charge in [0.1, 0.15) is 10.0 Å². The number of carbonyl (C=O) groups is 1. The zero-order valence-electron chi connectivity index (χ0n) is 12.1. The highest BCUT2D eigenvalue weighted by molar-refractivity contribution is 7.19. The number of anilines is 1. The van der Waals surface area contributed by atoms with Gasteiger partial charge in [-0.3, -0.25) is 5.32 Å². The Balaban J connectivity index is 2.08. The number of aryl methyl sites for hydroxylation is 1. The summed E-state index contributed by atoms with van der Waals surface area (Å²) in [6.07, 6.45) is 0.681. The van der Waals surface area contributed by atoms with E-state index in [9.17, 15) is 4.79 Å². The topological polar surface area (TPSA) is 74.2 Å². The zero-order chi connectivity index (χ0) is 15.2. The van der Waals surface area contributed by atoms with Crippen LogP contribution < -0.4 is 10.6 Å². The van der Waals surface area contributed by atoms with Crippen molar-refractivity contribution < 1.29 is 9.90 Å². The number of urea groups is 1. The van der Waals surface area contributed by atoms with Gasteiger partial charge in [0, 0.05) is 5.56 Å². The first-order valence-corrected chi connectivity index (χ1v) is 7.67. The average molecular weight is 305 g/mol. The van der Waals surface area contributed by atoms with Gasteiger partial charge in [0.15, 0.2) is 0 Å². The maximum absolute atomic E-state index is 11.9. The maximum Gasteiger partial charge on any atom is 0.320 e. The number of aliphatic hydroxyl groups excluding tert-OH is 1. The van der Waals surface area contributed by atoms with Crippen LogP contribution in [0.4, 0.5) is 9.80 Å². The summed E-state index contributed by atoms with van der Waals surface area (Å²) in [6, 6.07) is 9.30. The second-order valence-corrected chi connectivity index (χ2v) is 5.68. The molecule has 0 bridgehead atoms. The van der Waals surface area contributed by atoms with Crippen LogP contribution in [0.1, 0.15) is 19.0 Å². The predicted molar refractivity (Wildman–Crippen MR) is 85.6 cm³/mol. The van der Waals surface area contributed by atoms with Crippen molar-refractivity contribution in [2.24, 2.45) is 0 Å². The summed E-state index contributed by atoms with van der Waals surface area (Å²) in [5, 5.41) is 16.2. The van der Waals surface area contributed by atoms with E-state index in [0.29, 0.717) is 6.42 Å². The molecule has 0 aliphatic heterocycles. The number of nitrogens with one attached hydrogen (secondary N) is 2. The normalized spacial score (nSPS) is 12.0. The van der Waals surface area contributed by atoms with Gasteiger partial charge in [-0.25, -0.2) is 9.78 Å². The van der Waals surface area contributed by atoms with Crippen LogP contribution in [0.15, 0.2) is 30.3 Å². The average Bonchev–Trinajstić information content (AvgIpc) is 2.87. The first-order valence-electron chi connectivity index (χ1n) is 6.85. The maximum atomic E-state index is 11.9. The number of carbonyl (C=O) groups excluding carboxylic acids is 1. The molecule has 3 N–H and O–H groups in total. The first kappa shape index (κ1) is 15.5. The second kappa shape index (κ2) is 7.19. The van der Waals surface area contributed by atoms with Crippen molar-refractivity contribution in [3.05, 3.63) is 36.0 Å². The van der Waals surface area contributed by atoms with E-state index in [-0.39, 0.29) is 18.7 Å². The van der Waals surface area contributed by atoms with Gasteiger partial charge in [-0.05, 0) is 13.3 Å². The molecule has 1 heterocycles. The lowest BCUT2D eigenvalue weighted by atomic mass is 10.2. The fourth-order valence-corrected chi connectivity index (χ4v) is 2.78. The van der Waals surface area contributed by atoms with Crippen LogP contribution in [0.5, 0.6) is 0 Å². The van der Waals surface area contributed by atoms with Crippen LogP contribution in [0, 0.1) is 6.92 Å². The monoisotopic (exact) mass is 305 g/mol. The van der Waals surface area contributed by atoms with Gasteiger partial charge in [0.05, 0.1) is 18.3 Å². The lowest BCUT2D eigenvalue weighted by Crippen LogP contribution is -2.39. The minimum absolute atomic E-state index is 0.0686. The van der Waals surface area contributed by atoms with Crippen LogP contribution in [0.2, 0.25) is 0 Å². The quantitative estimate of drug-likeness (QED) is 0.795. The standard InChI is InChI=1S/C15H19N3O2S/c1-3-12(9-19)17-15(20)18-13-10(2)16-14(21-13)11-7-5-4-6-8-11/h4-8,12,19H,3,9H2,1-2H3,(H2,17,18,20)/t12-/m0/s1. The Bertz CT molecular complexity index is 594. The molecule has 0 radical (unpaired) electrons. The fourth-order valence-electron chi connectivity index (χ4n) is 1.82. The molecule has 2 amide bonds. The highest BCUT2D eigenvalue weighted by Gasteiger charge is 2.14. The molecule has 0 saturated carbocycles. The lowest BCUT2D eigenvalue weighted by Gasteiger charge is -2.14. The summed E-state index contributed by atoms with van der Waals surface area (Å²) >= 11 is 1.44. The highest BCUT2D eigenvalue weighted by Crippen LogP contribution is 2.31. The van der Waals surface area contributed by atoms with E-state index >= 15 is 0 Å². The summed E-state index contributed by atoms with van der Waals surface area (Å²) < 4.78 is 0. The molecule has 0 saturated heterocycles. The Morgan fingerprint density at radius 1 is 1.38 bits per heavy atom. The van der Waals surface area contributed by atoms with E-state index in [1.54, 1.807) is 0 Å². The number of amides is 2. The van der Waals surface area contributed by atoms with E-state index in [4.69, 9.17) is 5.11 Å². The molecule has 0 spiro atoms. The van der Waals surface area contributed by atoms with Crippen LogP contribution in [-0.4, -0.2) is 28.8 Å². The molecule has 112 valence electrons. The highest BCUT2D eigenvalue weighted by atomic mass is 32.1. The van der Waals surface area contributed by atoms with E-state index in [0.717, 1.165) is 21.3 Å². The number of thiazole rings is 1. The molecule has 21 heavy (non-hydrogen) atoms. The van der Waals surface area contributed by atoms with Crippen molar-refractivity contribution in [2.75, 3.05) is 11.9 Å². The van der Waals surface area contributed by atoms with Crippen molar-refractivity contribution in [1.82, 2.24) is 10.3 Å². The van der Waals surface area contributed by atoms with Gasteiger partial charge >= 0.3 is 6.03 Å².